The van der Waals surface area contributed by atoms with Crippen molar-refractivity contribution in [1.82, 2.24) is 24.5 Å². The first kappa shape index (κ1) is 22.0. The van der Waals surface area contributed by atoms with E-state index in [2.05, 4.69) is 15.1 Å². The van der Waals surface area contributed by atoms with Crippen molar-refractivity contribution < 1.29 is 24.2 Å². The van der Waals surface area contributed by atoms with Gasteiger partial charge >= 0.3 is 5.69 Å². The molecule has 1 fully saturated rings. The number of aromatic hydroxyl groups is 2. The summed E-state index contributed by atoms with van der Waals surface area (Å²) in [7, 11) is 0. The molecule has 4 heterocycles. The molecule has 4 aromatic rings. The minimum Gasteiger partial charge on any atom is -0.507 e. The largest absolute Gasteiger partial charge is 0.507 e. The fourth-order valence-corrected chi connectivity index (χ4v) is 4.22. The lowest BCUT2D eigenvalue weighted by atomic mass is 10.0. The van der Waals surface area contributed by atoms with Crippen LogP contribution in [0.4, 0.5) is 4.39 Å². The zero-order chi connectivity index (χ0) is 23.8. The zero-order valence-electron chi connectivity index (χ0n) is 18.4. The molecule has 1 aliphatic heterocycles. The third kappa shape index (κ3) is 4.10. The Bertz CT molecular complexity index is 1390. The van der Waals surface area contributed by atoms with Crippen molar-refractivity contribution in [2.75, 3.05) is 13.2 Å². The van der Waals surface area contributed by atoms with Gasteiger partial charge in [-0.05, 0) is 43.9 Å². The Hall–Kier alpha value is -3.86. The van der Waals surface area contributed by atoms with Gasteiger partial charge in [0.05, 0.1) is 11.8 Å². The zero-order valence-corrected chi connectivity index (χ0v) is 18.4. The van der Waals surface area contributed by atoms with Crippen LogP contribution in [0.15, 0.2) is 41.6 Å². The molecule has 1 saturated heterocycles. The first-order chi connectivity index (χ1) is 16.4. The van der Waals surface area contributed by atoms with Crippen LogP contribution >= 0.6 is 0 Å². The van der Waals surface area contributed by atoms with Crippen molar-refractivity contribution in [3.05, 3.63) is 58.7 Å². The van der Waals surface area contributed by atoms with E-state index < -0.39 is 23.4 Å². The van der Waals surface area contributed by atoms with Crippen LogP contribution in [0.2, 0.25) is 0 Å². The summed E-state index contributed by atoms with van der Waals surface area (Å²) in [4.78, 5) is 25.2. The molecule has 0 saturated carbocycles. The van der Waals surface area contributed by atoms with Gasteiger partial charge in [-0.3, -0.25) is 9.67 Å². The second kappa shape index (κ2) is 8.82. The molecular weight excluding hydrogens is 445 g/mol. The molecule has 3 N–H and O–H groups in total. The van der Waals surface area contributed by atoms with Gasteiger partial charge in [0, 0.05) is 43.3 Å². The van der Waals surface area contributed by atoms with Crippen molar-refractivity contribution in [2.45, 2.75) is 32.4 Å². The van der Waals surface area contributed by atoms with E-state index >= 15 is 0 Å². The van der Waals surface area contributed by atoms with E-state index in [1.54, 1.807) is 18.5 Å². The molecule has 5 rings (SSSR count). The number of halogens is 1. The number of hydrogen-bond donors (Lipinski definition) is 3. The molecule has 1 aromatic carbocycles. The summed E-state index contributed by atoms with van der Waals surface area (Å²) in [5.41, 5.74) is 1.43. The maximum absolute atomic E-state index is 13.8. The highest BCUT2D eigenvalue weighted by molar-refractivity contribution is 5.77. The SMILES string of the molecule is CC(On1c(=O)[nH]c2ncc(-c3cnn(CC4CCOCC4)c3)cc21)c1c(O)ccc(F)c1O. The van der Waals surface area contributed by atoms with Gasteiger partial charge in [-0.15, -0.1) is 4.73 Å². The second-order valence-electron chi connectivity index (χ2n) is 8.40. The Kier molecular flexibility index (Phi) is 5.70. The van der Waals surface area contributed by atoms with Gasteiger partial charge in [-0.1, -0.05) is 0 Å². The van der Waals surface area contributed by atoms with Gasteiger partial charge < -0.3 is 19.8 Å². The summed E-state index contributed by atoms with van der Waals surface area (Å²) in [6, 6.07) is 3.78. The Balaban J connectivity index is 1.43. The number of ether oxygens (including phenoxy) is 1. The number of aromatic nitrogens is 5. The lowest BCUT2D eigenvalue weighted by molar-refractivity contribution is 0.0460. The monoisotopic (exact) mass is 469 g/mol. The summed E-state index contributed by atoms with van der Waals surface area (Å²) >= 11 is 0. The Labute approximate surface area is 193 Å². The normalized spacial score (nSPS) is 15.6. The highest BCUT2D eigenvalue weighted by Gasteiger charge is 2.23. The first-order valence-corrected chi connectivity index (χ1v) is 11.0. The molecule has 0 aliphatic carbocycles. The number of benzene rings is 1. The number of fused-ring (bicyclic) bond motifs is 1. The molecule has 0 radical (unpaired) electrons. The number of imidazole rings is 1. The van der Waals surface area contributed by atoms with Crippen LogP contribution in [-0.4, -0.2) is 47.9 Å². The summed E-state index contributed by atoms with van der Waals surface area (Å²) in [5.74, 6) is -1.48. The number of aromatic amines is 1. The molecule has 0 amide bonds. The van der Waals surface area contributed by atoms with E-state index in [9.17, 15) is 19.4 Å². The van der Waals surface area contributed by atoms with E-state index in [1.807, 2.05) is 10.9 Å². The van der Waals surface area contributed by atoms with Crippen molar-refractivity contribution in [2.24, 2.45) is 5.92 Å². The number of pyridine rings is 1. The number of nitrogens with one attached hydrogen (secondary N) is 1. The van der Waals surface area contributed by atoms with Crippen molar-refractivity contribution in [3.8, 4) is 22.6 Å². The fraction of sp³-hybridized carbons (Fsp3) is 0.348. The quantitative estimate of drug-likeness (QED) is 0.396. The van der Waals surface area contributed by atoms with E-state index in [-0.39, 0.29) is 11.3 Å². The molecule has 10 nitrogen and oxygen atoms in total. The van der Waals surface area contributed by atoms with Crippen molar-refractivity contribution >= 4 is 11.2 Å². The van der Waals surface area contributed by atoms with Crippen LogP contribution in [0.25, 0.3) is 22.3 Å². The van der Waals surface area contributed by atoms with Crippen LogP contribution in [0.1, 0.15) is 31.4 Å². The van der Waals surface area contributed by atoms with Crippen molar-refractivity contribution in [1.29, 1.82) is 0 Å². The van der Waals surface area contributed by atoms with E-state index in [4.69, 9.17) is 9.57 Å². The van der Waals surface area contributed by atoms with Gasteiger partial charge in [0.15, 0.2) is 23.3 Å². The van der Waals surface area contributed by atoms with Crippen LogP contribution in [0.5, 0.6) is 11.5 Å². The number of nitrogens with zero attached hydrogens (tertiary/aromatic N) is 4. The van der Waals surface area contributed by atoms with Crippen LogP contribution in [0, 0.1) is 11.7 Å². The van der Waals surface area contributed by atoms with Gasteiger partial charge in [0.1, 0.15) is 11.3 Å². The molecule has 1 aliphatic rings. The minimum absolute atomic E-state index is 0.167. The number of phenolic OH excluding ortho intramolecular Hbond substituents is 2. The molecule has 1 unspecified atom stereocenters. The average Bonchev–Trinajstić information content (AvgIpc) is 3.41. The maximum atomic E-state index is 13.8. The molecule has 1 atom stereocenters. The van der Waals surface area contributed by atoms with Crippen molar-refractivity contribution in [3.63, 3.8) is 0 Å². The third-order valence-electron chi connectivity index (χ3n) is 6.06. The molecule has 0 spiro atoms. The Morgan fingerprint density at radius 1 is 1.26 bits per heavy atom. The first-order valence-electron chi connectivity index (χ1n) is 11.0. The predicted octanol–water partition coefficient (Wildman–Crippen LogP) is 2.75. The third-order valence-corrected chi connectivity index (χ3v) is 6.06. The summed E-state index contributed by atoms with van der Waals surface area (Å²) < 4.78 is 22.1. The van der Waals surface area contributed by atoms with E-state index in [0.717, 1.165) is 60.6 Å². The second-order valence-corrected chi connectivity index (χ2v) is 8.40. The van der Waals surface area contributed by atoms with Gasteiger partial charge in [0.2, 0.25) is 0 Å². The number of H-pyrrole nitrogens is 1. The fourth-order valence-electron chi connectivity index (χ4n) is 4.22. The van der Waals surface area contributed by atoms with Gasteiger partial charge in [0.25, 0.3) is 0 Å². The molecule has 178 valence electrons. The van der Waals surface area contributed by atoms with Crippen LogP contribution in [0.3, 0.4) is 0 Å². The number of phenols is 2. The predicted molar refractivity (Wildman–Crippen MR) is 120 cm³/mol. The number of hydrogen-bond acceptors (Lipinski definition) is 7. The highest BCUT2D eigenvalue weighted by Crippen LogP contribution is 2.35. The Morgan fingerprint density at radius 2 is 2.06 bits per heavy atom. The number of rotatable bonds is 6. The summed E-state index contributed by atoms with van der Waals surface area (Å²) in [6.07, 6.45) is 6.27. The maximum Gasteiger partial charge on any atom is 0.360 e. The highest BCUT2D eigenvalue weighted by atomic mass is 19.1. The standard InChI is InChI=1S/C23H24FN5O5/c1-13(20-19(30)3-2-17(24)21(20)31)34-29-18-8-15(9-25-22(18)27-23(29)32)16-10-26-28(12-16)11-14-4-6-33-7-5-14/h2-3,8-10,12-14,30-31H,4-7,11H2,1H3,(H,25,27,32). The molecule has 34 heavy (non-hydrogen) atoms. The van der Waals surface area contributed by atoms with Gasteiger partial charge in [-0.2, -0.15) is 5.10 Å². The lowest BCUT2D eigenvalue weighted by Crippen LogP contribution is -2.26. The Morgan fingerprint density at radius 3 is 2.85 bits per heavy atom. The van der Waals surface area contributed by atoms with E-state index in [0.29, 0.717) is 17.1 Å². The molecule has 0 bridgehead atoms. The average molecular weight is 469 g/mol. The topological polar surface area (TPSA) is 127 Å². The molecule has 11 heteroatoms. The minimum atomic E-state index is -1.04. The molecule has 3 aromatic heterocycles. The summed E-state index contributed by atoms with van der Waals surface area (Å²) in [5, 5.41) is 24.6. The van der Waals surface area contributed by atoms with Crippen LogP contribution in [-0.2, 0) is 11.3 Å². The van der Waals surface area contributed by atoms with Crippen LogP contribution < -0.4 is 10.5 Å². The lowest BCUT2D eigenvalue weighted by Gasteiger charge is -2.21. The summed E-state index contributed by atoms with van der Waals surface area (Å²) in [6.45, 7) is 3.83. The molecular formula is C23H24FN5O5. The van der Waals surface area contributed by atoms with Gasteiger partial charge in [-0.25, -0.2) is 14.2 Å². The van der Waals surface area contributed by atoms with E-state index in [1.165, 1.54) is 6.92 Å². The smallest absolute Gasteiger partial charge is 0.360 e.